The predicted octanol–water partition coefficient (Wildman–Crippen LogP) is 1.79. The molecule has 1 N–H and O–H groups in total. The summed E-state index contributed by atoms with van der Waals surface area (Å²) >= 11 is 5.86. The Hall–Kier alpha value is -1.66. The molecule has 1 saturated heterocycles. The molecule has 1 atom stereocenters. The van der Waals surface area contributed by atoms with Gasteiger partial charge in [-0.25, -0.2) is 4.39 Å². The Balaban J connectivity index is 2.28. The van der Waals surface area contributed by atoms with Gasteiger partial charge in [0.05, 0.1) is 36.3 Å². The molecule has 1 unspecified atom stereocenters. The summed E-state index contributed by atoms with van der Waals surface area (Å²) in [4.78, 5) is 24.5. The van der Waals surface area contributed by atoms with E-state index >= 15 is 0 Å². The van der Waals surface area contributed by atoms with E-state index in [9.17, 15) is 14.0 Å². The number of morpholine rings is 1. The van der Waals surface area contributed by atoms with Crippen LogP contribution in [-0.4, -0.2) is 47.7 Å². The minimum absolute atomic E-state index is 0.00978. The Labute approximate surface area is 119 Å². The van der Waals surface area contributed by atoms with Crippen molar-refractivity contribution in [3.8, 4) is 0 Å². The van der Waals surface area contributed by atoms with Gasteiger partial charge in [-0.1, -0.05) is 17.7 Å². The van der Waals surface area contributed by atoms with Crippen LogP contribution in [0.3, 0.4) is 0 Å². The molecule has 0 aliphatic carbocycles. The highest BCUT2D eigenvalue weighted by molar-refractivity contribution is 6.33. The lowest BCUT2D eigenvalue weighted by molar-refractivity contribution is -0.139. The summed E-state index contributed by atoms with van der Waals surface area (Å²) in [5, 5.41) is 8.86. The zero-order chi connectivity index (χ0) is 14.7. The lowest BCUT2D eigenvalue weighted by Gasteiger charge is -2.35. The summed E-state index contributed by atoms with van der Waals surface area (Å²) in [6, 6.07) is 3.35. The molecule has 1 aromatic carbocycles. The lowest BCUT2D eigenvalue weighted by Crippen LogP contribution is -2.49. The molecule has 5 nitrogen and oxygen atoms in total. The number of ether oxygens (including phenoxy) is 1. The molecular formula is C13H13ClFNO4. The fourth-order valence-corrected chi connectivity index (χ4v) is 2.38. The van der Waals surface area contributed by atoms with Crippen LogP contribution < -0.4 is 0 Å². The molecule has 20 heavy (non-hydrogen) atoms. The van der Waals surface area contributed by atoms with Gasteiger partial charge < -0.3 is 14.7 Å². The topological polar surface area (TPSA) is 66.8 Å². The molecule has 108 valence electrons. The number of hydrogen-bond donors (Lipinski definition) is 1. The maximum absolute atomic E-state index is 13.8. The highest BCUT2D eigenvalue weighted by atomic mass is 35.5. The fraction of sp³-hybridized carbons (Fsp3) is 0.385. The van der Waals surface area contributed by atoms with Gasteiger partial charge in [0.15, 0.2) is 0 Å². The Morgan fingerprint density at radius 3 is 2.90 bits per heavy atom. The first kappa shape index (κ1) is 14.7. The summed E-state index contributed by atoms with van der Waals surface area (Å²) < 4.78 is 18.9. The third-order valence-electron chi connectivity index (χ3n) is 3.08. The van der Waals surface area contributed by atoms with Crippen molar-refractivity contribution >= 4 is 23.5 Å². The summed E-state index contributed by atoms with van der Waals surface area (Å²) in [7, 11) is 0. The van der Waals surface area contributed by atoms with E-state index in [1.165, 1.54) is 17.0 Å². The molecule has 2 rings (SSSR count). The lowest BCUT2D eigenvalue weighted by atomic mass is 10.1. The van der Waals surface area contributed by atoms with Gasteiger partial charge in [0.2, 0.25) is 0 Å². The second-order valence-corrected chi connectivity index (χ2v) is 4.83. The zero-order valence-corrected chi connectivity index (χ0v) is 11.3. The van der Waals surface area contributed by atoms with E-state index in [-0.39, 0.29) is 36.8 Å². The van der Waals surface area contributed by atoms with Gasteiger partial charge in [0.25, 0.3) is 5.91 Å². The van der Waals surface area contributed by atoms with E-state index in [0.29, 0.717) is 0 Å². The molecule has 0 spiro atoms. The van der Waals surface area contributed by atoms with Crippen molar-refractivity contribution in [1.82, 2.24) is 4.90 Å². The number of carbonyl (C=O) groups is 2. The first-order valence-electron chi connectivity index (χ1n) is 6.05. The van der Waals surface area contributed by atoms with Gasteiger partial charge in [0, 0.05) is 6.54 Å². The Morgan fingerprint density at radius 1 is 1.50 bits per heavy atom. The van der Waals surface area contributed by atoms with Crippen LogP contribution in [0, 0.1) is 5.82 Å². The quantitative estimate of drug-likeness (QED) is 0.924. The van der Waals surface area contributed by atoms with Crippen molar-refractivity contribution in [3.05, 3.63) is 34.6 Å². The number of carboxylic acid groups (broad SMARTS) is 1. The third kappa shape index (κ3) is 3.08. The van der Waals surface area contributed by atoms with Gasteiger partial charge in [0.1, 0.15) is 5.82 Å². The Bertz CT molecular complexity index is 517. The van der Waals surface area contributed by atoms with Crippen LogP contribution in [0.2, 0.25) is 5.02 Å². The van der Waals surface area contributed by atoms with E-state index in [0.717, 1.165) is 6.07 Å². The molecule has 0 aromatic heterocycles. The number of amides is 1. The predicted molar refractivity (Wildman–Crippen MR) is 69.3 cm³/mol. The van der Waals surface area contributed by atoms with Crippen LogP contribution in [0.5, 0.6) is 0 Å². The second kappa shape index (κ2) is 6.19. The second-order valence-electron chi connectivity index (χ2n) is 4.42. The largest absolute Gasteiger partial charge is 0.481 e. The van der Waals surface area contributed by atoms with Crippen LogP contribution in [0.25, 0.3) is 0 Å². The molecule has 7 heteroatoms. The molecule has 1 aliphatic heterocycles. The maximum Gasteiger partial charge on any atom is 0.305 e. The van der Waals surface area contributed by atoms with E-state index in [4.69, 9.17) is 21.4 Å². The van der Waals surface area contributed by atoms with E-state index in [1.54, 1.807) is 0 Å². The van der Waals surface area contributed by atoms with Crippen molar-refractivity contribution in [2.75, 3.05) is 19.8 Å². The minimum Gasteiger partial charge on any atom is -0.481 e. The van der Waals surface area contributed by atoms with Crippen LogP contribution in [0.1, 0.15) is 16.8 Å². The summed E-state index contributed by atoms with van der Waals surface area (Å²) in [6.45, 7) is 0.611. The van der Waals surface area contributed by atoms with E-state index in [1.807, 2.05) is 0 Å². The highest BCUT2D eigenvalue weighted by Crippen LogP contribution is 2.23. The summed E-state index contributed by atoms with van der Waals surface area (Å²) in [5.41, 5.74) is -0.230. The number of rotatable bonds is 3. The monoisotopic (exact) mass is 301 g/mol. The molecular weight excluding hydrogens is 289 g/mol. The summed E-state index contributed by atoms with van der Waals surface area (Å²) in [6.07, 6.45) is -0.252. The number of hydrogen-bond acceptors (Lipinski definition) is 3. The summed E-state index contributed by atoms with van der Waals surface area (Å²) in [5.74, 6) is -2.37. The zero-order valence-electron chi connectivity index (χ0n) is 10.5. The molecule has 1 fully saturated rings. The standard InChI is InChI=1S/C13H13ClFNO4/c14-9-2-1-3-10(15)12(9)13(19)16-4-5-20-7-8(16)6-11(17)18/h1-3,8H,4-7H2,(H,17,18). The molecule has 1 amide bonds. The number of carboxylic acids is 1. The Kier molecular flexibility index (Phi) is 4.57. The van der Waals surface area contributed by atoms with Crippen molar-refractivity contribution in [2.45, 2.75) is 12.5 Å². The first-order valence-corrected chi connectivity index (χ1v) is 6.43. The van der Waals surface area contributed by atoms with Crippen molar-refractivity contribution in [1.29, 1.82) is 0 Å². The van der Waals surface area contributed by atoms with Gasteiger partial charge in [-0.05, 0) is 12.1 Å². The van der Waals surface area contributed by atoms with E-state index < -0.39 is 23.7 Å². The Morgan fingerprint density at radius 2 is 2.25 bits per heavy atom. The van der Waals surface area contributed by atoms with Gasteiger partial charge >= 0.3 is 5.97 Å². The molecule has 1 aromatic rings. The smallest absolute Gasteiger partial charge is 0.305 e. The van der Waals surface area contributed by atoms with Gasteiger partial charge in [-0.3, -0.25) is 9.59 Å². The van der Waals surface area contributed by atoms with Crippen LogP contribution >= 0.6 is 11.6 Å². The molecule has 1 heterocycles. The van der Waals surface area contributed by atoms with Crippen molar-refractivity contribution in [2.24, 2.45) is 0 Å². The fourth-order valence-electron chi connectivity index (χ4n) is 2.14. The number of aliphatic carboxylic acids is 1. The third-order valence-corrected chi connectivity index (χ3v) is 3.39. The van der Waals surface area contributed by atoms with E-state index in [2.05, 4.69) is 0 Å². The van der Waals surface area contributed by atoms with Crippen LogP contribution in [-0.2, 0) is 9.53 Å². The molecule has 0 radical (unpaired) electrons. The average molecular weight is 302 g/mol. The molecule has 0 bridgehead atoms. The number of nitrogens with zero attached hydrogens (tertiary/aromatic N) is 1. The van der Waals surface area contributed by atoms with Crippen molar-refractivity contribution in [3.63, 3.8) is 0 Å². The van der Waals surface area contributed by atoms with Crippen LogP contribution in [0.4, 0.5) is 4.39 Å². The number of carbonyl (C=O) groups excluding carboxylic acids is 1. The molecule has 1 aliphatic rings. The van der Waals surface area contributed by atoms with Crippen molar-refractivity contribution < 1.29 is 23.8 Å². The van der Waals surface area contributed by atoms with Gasteiger partial charge in [-0.2, -0.15) is 0 Å². The number of halogens is 2. The number of benzene rings is 1. The minimum atomic E-state index is -1.04. The van der Waals surface area contributed by atoms with Gasteiger partial charge in [-0.15, -0.1) is 0 Å². The normalized spacial score (nSPS) is 18.9. The highest BCUT2D eigenvalue weighted by Gasteiger charge is 2.32. The SMILES string of the molecule is O=C(O)CC1COCCN1C(=O)c1c(F)cccc1Cl. The van der Waals surface area contributed by atoms with Crippen LogP contribution in [0.15, 0.2) is 18.2 Å². The average Bonchev–Trinajstić information content (AvgIpc) is 2.38. The molecule has 0 saturated carbocycles. The maximum atomic E-state index is 13.8. The first-order chi connectivity index (χ1) is 9.50.